The largest absolute Gasteiger partial charge is 0.462 e. The highest BCUT2D eigenvalue weighted by Gasteiger charge is 2.13. The van der Waals surface area contributed by atoms with Gasteiger partial charge < -0.3 is 14.6 Å². The van der Waals surface area contributed by atoms with Gasteiger partial charge in [-0.25, -0.2) is 4.79 Å². The van der Waals surface area contributed by atoms with Crippen molar-refractivity contribution in [2.24, 2.45) is 0 Å². The van der Waals surface area contributed by atoms with E-state index in [-0.39, 0.29) is 18.3 Å². The Morgan fingerprint density at radius 3 is 2.41 bits per heavy atom. The van der Waals surface area contributed by atoms with Gasteiger partial charge >= 0.3 is 5.97 Å². The molecule has 1 amide bonds. The van der Waals surface area contributed by atoms with Crippen LogP contribution in [0.15, 0.2) is 79.0 Å². The molecule has 0 saturated carbocycles. The molecule has 5 nitrogen and oxygen atoms in total. The molecule has 1 heterocycles. The molecule has 6 heteroatoms. The number of rotatable bonds is 7. The number of ether oxygens (including phenoxy) is 1. The predicted molar refractivity (Wildman–Crippen MR) is 127 cm³/mol. The maximum atomic E-state index is 12.7. The molecule has 0 spiro atoms. The number of para-hydroxylation sites is 1. The molecule has 0 bridgehead atoms. The second kappa shape index (κ2) is 9.71. The summed E-state index contributed by atoms with van der Waals surface area (Å²) in [7, 11) is 0. The lowest BCUT2D eigenvalue weighted by molar-refractivity contribution is -0.115. The molecule has 3 aromatic carbocycles. The van der Waals surface area contributed by atoms with E-state index in [0.29, 0.717) is 29.4 Å². The number of nitrogens with one attached hydrogen (secondary N) is 1. The second-order valence-corrected chi connectivity index (χ2v) is 7.89. The Labute approximate surface area is 191 Å². The highest BCUT2D eigenvalue weighted by atomic mass is 35.5. The Balaban J connectivity index is 1.49. The Morgan fingerprint density at radius 1 is 0.969 bits per heavy atom. The number of amides is 1. The smallest absolute Gasteiger partial charge is 0.338 e. The third kappa shape index (κ3) is 5.01. The zero-order valence-electron chi connectivity index (χ0n) is 17.7. The molecule has 0 saturated heterocycles. The number of nitrogens with zero attached hydrogens (tertiary/aromatic N) is 1. The van der Waals surface area contributed by atoms with E-state index in [2.05, 4.69) is 16.0 Å². The molecule has 0 fully saturated rings. The molecular formula is C26H23ClN2O3. The fourth-order valence-corrected chi connectivity index (χ4v) is 3.79. The van der Waals surface area contributed by atoms with Crippen molar-refractivity contribution >= 4 is 40.1 Å². The number of hydrogen-bond donors (Lipinski definition) is 1. The Hall–Kier alpha value is -3.57. The van der Waals surface area contributed by atoms with Crippen LogP contribution < -0.4 is 5.32 Å². The normalized spacial score (nSPS) is 10.8. The molecule has 162 valence electrons. The highest BCUT2D eigenvalue weighted by Crippen LogP contribution is 2.24. The van der Waals surface area contributed by atoms with Gasteiger partial charge in [0.15, 0.2) is 0 Å². The Bertz CT molecular complexity index is 1240. The maximum Gasteiger partial charge on any atom is 0.338 e. The number of halogens is 1. The lowest BCUT2D eigenvalue weighted by atomic mass is 10.1. The maximum absolute atomic E-state index is 12.7. The first-order valence-corrected chi connectivity index (χ1v) is 10.8. The molecule has 0 aliphatic heterocycles. The van der Waals surface area contributed by atoms with E-state index in [1.165, 1.54) is 0 Å². The van der Waals surface area contributed by atoms with Crippen LogP contribution in [0.2, 0.25) is 5.02 Å². The zero-order chi connectivity index (χ0) is 22.5. The average molecular weight is 447 g/mol. The van der Waals surface area contributed by atoms with E-state index in [9.17, 15) is 9.59 Å². The summed E-state index contributed by atoms with van der Waals surface area (Å²) in [5, 5.41) is 4.66. The van der Waals surface area contributed by atoms with E-state index in [1.54, 1.807) is 31.2 Å². The van der Waals surface area contributed by atoms with Crippen molar-refractivity contribution in [3.63, 3.8) is 0 Å². The topological polar surface area (TPSA) is 60.3 Å². The lowest BCUT2D eigenvalue weighted by Crippen LogP contribution is -2.14. The molecule has 1 N–H and O–H groups in total. The van der Waals surface area contributed by atoms with Crippen LogP contribution in [-0.2, 0) is 22.5 Å². The Kier molecular flexibility index (Phi) is 6.57. The first-order chi connectivity index (χ1) is 15.5. The molecule has 0 unspecified atom stereocenters. The van der Waals surface area contributed by atoms with Crippen molar-refractivity contribution in [3.8, 4) is 0 Å². The minimum atomic E-state index is -0.376. The summed E-state index contributed by atoms with van der Waals surface area (Å²) in [4.78, 5) is 24.5. The molecule has 0 radical (unpaired) electrons. The third-order valence-electron chi connectivity index (χ3n) is 5.17. The third-order valence-corrected chi connectivity index (χ3v) is 5.42. The number of fused-ring (bicyclic) bond motifs is 1. The van der Waals surface area contributed by atoms with Crippen molar-refractivity contribution < 1.29 is 14.3 Å². The van der Waals surface area contributed by atoms with Crippen LogP contribution in [0.5, 0.6) is 0 Å². The summed E-state index contributed by atoms with van der Waals surface area (Å²) in [6.07, 6.45) is 2.27. The van der Waals surface area contributed by atoms with Gasteiger partial charge in [-0.3, -0.25) is 4.79 Å². The molecular weight excluding hydrogens is 424 g/mol. The summed E-state index contributed by atoms with van der Waals surface area (Å²) < 4.78 is 7.13. The van der Waals surface area contributed by atoms with E-state index < -0.39 is 0 Å². The highest BCUT2D eigenvalue weighted by molar-refractivity contribution is 6.30. The van der Waals surface area contributed by atoms with Crippen LogP contribution in [0.25, 0.3) is 10.9 Å². The van der Waals surface area contributed by atoms with E-state index in [4.69, 9.17) is 16.3 Å². The number of anilines is 1. The summed E-state index contributed by atoms with van der Waals surface area (Å²) >= 11 is 6.00. The van der Waals surface area contributed by atoms with Gasteiger partial charge in [0.2, 0.25) is 5.91 Å². The Morgan fingerprint density at radius 2 is 1.69 bits per heavy atom. The number of benzene rings is 3. The van der Waals surface area contributed by atoms with Crippen molar-refractivity contribution in [3.05, 3.63) is 101 Å². The van der Waals surface area contributed by atoms with E-state index >= 15 is 0 Å². The van der Waals surface area contributed by atoms with Gasteiger partial charge in [0.1, 0.15) is 0 Å². The number of hydrogen-bond acceptors (Lipinski definition) is 3. The predicted octanol–water partition coefficient (Wildman–Crippen LogP) is 5.70. The van der Waals surface area contributed by atoms with Crippen LogP contribution in [0.4, 0.5) is 5.69 Å². The number of aromatic nitrogens is 1. The first kappa shape index (κ1) is 21.7. The summed E-state index contributed by atoms with van der Waals surface area (Å²) in [6.45, 7) is 2.77. The first-order valence-electron chi connectivity index (χ1n) is 10.4. The molecule has 1 aromatic heterocycles. The fourth-order valence-electron chi connectivity index (χ4n) is 3.66. The van der Waals surface area contributed by atoms with Crippen LogP contribution in [0.1, 0.15) is 28.4 Å². The quantitative estimate of drug-likeness (QED) is 0.370. The molecule has 4 rings (SSSR count). The number of carbonyl (C=O) groups excluding carboxylic acids is 2. The standard InChI is InChI=1S/C26H23ClN2O3/c1-2-32-26(31)19-9-13-22(14-10-19)28-25(30)15-20-17-29(24-6-4-3-5-23(20)24)16-18-7-11-21(27)12-8-18/h3-14,17H,2,15-16H2,1H3,(H,28,30). The zero-order valence-corrected chi connectivity index (χ0v) is 18.4. The summed E-state index contributed by atoms with van der Waals surface area (Å²) in [5.41, 5.74) is 4.25. The number of esters is 1. The SMILES string of the molecule is CCOC(=O)c1ccc(NC(=O)Cc2cn(Cc3ccc(Cl)cc3)c3ccccc23)cc1. The van der Waals surface area contributed by atoms with Crippen LogP contribution in [-0.4, -0.2) is 23.1 Å². The van der Waals surface area contributed by atoms with Crippen molar-refractivity contribution in [1.82, 2.24) is 4.57 Å². The van der Waals surface area contributed by atoms with Crippen molar-refractivity contribution in [1.29, 1.82) is 0 Å². The van der Waals surface area contributed by atoms with Gasteiger partial charge in [-0.1, -0.05) is 41.9 Å². The molecule has 32 heavy (non-hydrogen) atoms. The van der Waals surface area contributed by atoms with Gasteiger partial charge in [-0.05, 0) is 60.5 Å². The van der Waals surface area contributed by atoms with Crippen molar-refractivity contribution in [2.75, 3.05) is 11.9 Å². The van der Waals surface area contributed by atoms with Gasteiger partial charge in [0.05, 0.1) is 18.6 Å². The second-order valence-electron chi connectivity index (χ2n) is 7.45. The monoisotopic (exact) mass is 446 g/mol. The molecule has 0 atom stereocenters. The molecule has 0 aliphatic rings. The lowest BCUT2D eigenvalue weighted by Gasteiger charge is -2.06. The van der Waals surface area contributed by atoms with Crippen LogP contribution in [0, 0.1) is 0 Å². The summed E-state index contributed by atoms with van der Waals surface area (Å²) in [6, 6.07) is 22.5. The van der Waals surface area contributed by atoms with Gasteiger partial charge in [-0.2, -0.15) is 0 Å². The molecule has 4 aromatic rings. The minimum Gasteiger partial charge on any atom is -0.462 e. The van der Waals surface area contributed by atoms with Crippen molar-refractivity contribution in [2.45, 2.75) is 19.9 Å². The number of carbonyl (C=O) groups is 2. The van der Waals surface area contributed by atoms with E-state index in [0.717, 1.165) is 22.0 Å². The fraction of sp³-hybridized carbons (Fsp3) is 0.154. The van der Waals surface area contributed by atoms with Gasteiger partial charge in [0.25, 0.3) is 0 Å². The minimum absolute atomic E-state index is 0.122. The average Bonchev–Trinajstić information content (AvgIpc) is 3.13. The molecule has 0 aliphatic carbocycles. The van der Waals surface area contributed by atoms with E-state index in [1.807, 2.05) is 48.7 Å². The van der Waals surface area contributed by atoms with Crippen LogP contribution >= 0.6 is 11.6 Å². The summed E-state index contributed by atoms with van der Waals surface area (Å²) in [5.74, 6) is -0.498. The van der Waals surface area contributed by atoms with Crippen LogP contribution in [0.3, 0.4) is 0 Å². The van der Waals surface area contributed by atoms with Gasteiger partial charge in [-0.15, -0.1) is 0 Å². The van der Waals surface area contributed by atoms with Gasteiger partial charge in [0, 0.05) is 34.4 Å².